The Hall–Kier alpha value is -3.98. The summed E-state index contributed by atoms with van der Waals surface area (Å²) in [5.74, 6) is 0.314. The van der Waals surface area contributed by atoms with Crippen LogP contribution in [0.1, 0.15) is 28.8 Å². The molecule has 9 heteroatoms. The van der Waals surface area contributed by atoms with E-state index in [0.717, 1.165) is 11.1 Å². The summed E-state index contributed by atoms with van der Waals surface area (Å²) in [6, 6.07) is 14.8. The molecule has 174 valence electrons. The topological polar surface area (TPSA) is 130 Å². The summed E-state index contributed by atoms with van der Waals surface area (Å²) in [7, 11) is 0. The van der Waals surface area contributed by atoms with E-state index >= 15 is 0 Å². The van der Waals surface area contributed by atoms with Crippen LogP contribution in [0.25, 0.3) is 22.4 Å². The fraction of sp³-hybridized carbons (Fsp3) is 0.280. The number of piperidine rings is 1. The van der Waals surface area contributed by atoms with Gasteiger partial charge in [-0.05, 0) is 31.4 Å². The first-order valence-electron chi connectivity index (χ1n) is 11.2. The number of amides is 1. The van der Waals surface area contributed by atoms with Gasteiger partial charge in [0.05, 0.1) is 23.9 Å². The van der Waals surface area contributed by atoms with Crippen LogP contribution in [0.15, 0.2) is 59.5 Å². The minimum atomic E-state index is -1.17. The maximum Gasteiger partial charge on any atom is 0.265 e. The van der Waals surface area contributed by atoms with Crippen molar-refractivity contribution in [2.45, 2.75) is 31.9 Å². The Labute approximate surface area is 195 Å². The molecule has 34 heavy (non-hydrogen) atoms. The molecule has 9 nitrogen and oxygen atoms in total. The second-order valence-electron chi connectivity index (χ2n) is 8.88. The highest BCUT2D eigenvalue weighted by Crippen LogP contribution is 2.28. The average molecular weight is 459 g/mol. The van der Waals surface area contributed by atoms with Crippen LogP contribution in [0, 0.1) is 6.92 Å². The van der Waals surface area contributed by atoms with Crippen LogP contribution in [0.2, 0.25) is 0 Å². The monoisotopic (exact) mass is 458 g/mol. The zero-order chi connectivity index (χ0) is 23.9. The van der Waals surface area contributed by atoms with Crippen molar-refractivity contribution in [3.8, 4) is 11.4 Å². The van der Waals surface area contributed by atoms with Crippen molar-refractivity contribution in [3.63, 3.8) is 0 Å². The van der Waals surface area contributed by atoms with Gasteiger partial charge in [0.15, 0.2) is 5.65 Å². The normalized spacial score (nSPS) is 15.5. The Balaban J connectivity index is 1.42. The lowest BCUT2D eigenvalue weighted by Crippen LogP contribution is -2.50. The van der Waals surface area contributed by atoms with E-state index in [2.05, 4.69) is 15.2 Å². The number of para-hydroxylation sites is 1. The van der Waals surface area contributed by atoms with Gasteiger partial charge < -0.3 is 15.7 Å². The summed E-state index contributed by atoms with van der Waals surface area (Å²) in [6.07, 6.45) is 2.11. The lowest BCUT2D eigenvalue weighted by Gasteiger charge is -2.39. The Kier molecular flexibility index (Phi) is 5.41. The molecule has 3 heterocycles. The van der Waals surface area contributed by atoms with Gasteiger partial charge in [0.25, 0.3) is 11.5 Å². The van der Waals surface area contributed by atoms with Crippen LogP contribution < -0.4 is 11.3 Å². The number of nitrogens with zero attached hydrogens (tertiary/aromatic N) is 4. The number of rotatable bonds is 4. The number of aromatic amines is 1. The number of likely N-dealkylation sites (tertiary alicyclic amines) is 1. The first-order valence-corrected chi connectivity index (χ1v) is 11.2. The second kappa shape index (κ2) is 8.42. The molecule has 0 atom stereocenters. The zero-order valence-electron chi connectivity index (χ0n) is 18.9. The highest BCUT2D eigenvalue weighted by Gasteiger charge is 2.36. The molecular formula is C25H26N6O3. The number of nitrogen functional groups attached to an aromatic ring is 1. The number of aromatic nitrogens is 4. The van der Waals surface area contributed by atoms with E-state index in [0.29, 0.717) is 54.0 Å². The van der Waals surface area contributed by atoms with Crippen molar-refractivity contribution in [3.05, 3.63) is 76.2 Å². The summed E-state index contributed by atoms with van der Waals surface area (Å²) in [6.45, 7) is 2.66. The van der Waals surface area contributed by atoms with Crippen molar-refractivity contribution in [1.29, 1.82) is 0 Å². The van der Waals surface area contributed by atoms with Crippen LogP contribution in [0.4, 0.5) is 5.69 Å². The van der Waals surface area contributed by atoms with Gasteiger partial charge in [-0.3, -0.25) is 19.3 Å². The lowest BCUT2D eigenvalue weighted by atomic mass is 9.90. The molecule has 0 bridgehead atoms. The number of carbonyl (C=O) groups is 1. The summed E-state index contributed by atoms with van der Waals surface area (Å²) < 4.78 is 1.52. The van der Waals surface area contributed by atoms with Crippen molar-refractivity contribution in [2.24, 2.45) is 0 Å². The molecule has 1 saturated heterocycles. The number of aliphatic hydroxyl groups is 1. The van der Waals surface area contributed by atoms with E-state index in [4.69, 9.17) is 5.73 Å². The van der Waals surface area contributed by atoms with Crippen LogP contribution in [-0.2, 0) is 6.54 Å². The van der Waals surface area contributed by atoms with E-state index in [1.165, 1.54) is 10.8 Å². The molecule has 4 N–H and O–H groups in total. The van der Waals surface area contributed by atoms with Gasteiger partial charge >= 0.3 is 0 Å². The van der Waals surface area contributed by atoms with Crippen molar-refractivity contribution in [1.82, 2.24) is 24.6 Å². The first kappa shape index (κ1) is 21.8. The fourth-order valence-electron chi connectivity index (χ4n) is 4.50. The van der Waals surface area contributed by atoms with Crippen LogP contribution >= 0.6 is 0 Å². The van der Waals surface area contributed by atoms with Crippen molar-refractivity contribution >= 4 is 22.6 Å². The molecule has 0 unspecified atom stereocenters. The number of hydrogen-bond donors (Lipinski definition) is 3. The number of fused-ring (bicyclic) bond motifs is 1. The minimum absolute atomic E-state index is 0.0682. The first-order chi connectivity index (χ1) is 16.4. The second-order valence-corrected chi connectivity index (χ2v) is 8.88. The third-order valence-corrected chi connectivity index (χ3v) is 6.59. The number of aryl methyl sites for hydroxylation is 1. The van der Waals surface area contributed by atoms with E-state index < -0.39 is 5.60 Å². The van der Waals surface area contributed by atoms with Gasteiger partial charge in [-0.2, -0.15) is 5.10 Å². The third kappa shape index (κ3) is 3.84. The molecule has 1 amide bonds. The highest BCUT2D eigenvalue weighted by atomic mass is 16.3. The molecule has 2 aromatic carbocycles. The van der Waals surface area contributed by atoms with Crippen molar-refractivity contribution in [2.75, 3.05) is 18.8 Å². The maximum atomic E-state index is 13.3. The standard InChI is InChI=1S/C25H26N6O3/c1-16-6-5-9-18(20(16)26)23(32)30-12-10-25(34,11-13-30)15-31-22(17-7-3-2-4-8-17)28-21-19(24(31)33)14-27-29-21/h2-9,14,34H,10-13,15,26H2,1H3,(H,27,29). The number of benzene rings is 2. The smallest absolute Gasteiger partial charge is 0.265 e. The number of carbonyl (C=O) groups excluding carboxylic acids is 1. The molecule has 0 radical (unpaired) electrons. The molecule has 0 spiro atoms. The highest BCUT2D eigenvalue weighted by molar-refractivity contribution is 5.99. The molecule has 0 aliphatic carbocycles. The third-order valence-electron chi connectivity index (χ3n) is 6.59. The Morgan fingerprint density at radius 3 is 2.62 bits per heavy atom. The summed E-state index contributed by atoms with van der Waals surface area (Å²) >= 11 is 0. The van der Waals surface area contributed by atoms with Gasteiger partial charge in [-0.1, -0.05) is 42.5 Å². The Morgan fingerprint density at radius 2 is 1.88 bits per heavy atom. The quantitative estimate of drug-likeness (QED) is 0.403. The fourth-order valence-corrected chi connectivity index (χ4v) is 4.50. The van der Waals surface area contributed by atoms with Gasteiger partial charge in [-0.25, -0.2) is 4.98 Å². The molecule has 1 fully saturated rings. The molecule has 5 rings (SSSR count). The van der Waals surface area contributed by atoms with E-state index in [9.17, 15) is 14.7 Å². The molecular weight excluding hydrogens is 432 g/mol. The molecule has 2 aromatic heterocycles. The van der Waals surface area contributed by atoms with E-state index in [-0.39, 0.29) is 18.0 Å². The lowest BCUT2D eigenvalue weighted by molar-refractivity contribution is -0.0295. The molecule has 1 aliphatic heterocycles. The Morgan fingerprint density at radius 1 is 1.15 bits per heavy atom. The minimum Gasteiger partial charge on any atom is -0.398 e. The zero-order valence-corrected chi connectivity index (χ0v) is 18.9. The molecule has 0 saturated carbocycles. The SMILES string of the molecule is Cc1cccc(C(=O)N2CCC(O)(Cn3c(-c4ccccc4)nc4[nH]ncc4c3=O)CC2)c1N. The van der Waals surface area contributed by atoms with Crippen LogP contribution in [0.3, 0.4) is 0 Å². The number of hydrogen-bond acceptors (Lipinski definition) is 6. The predicted octanol–water partition coefficient (Wildman–Crippen LogP) is 2.34. The number of H-pyrrole nitrogens is 1. The van der Waals surface area contributed by atoms with Crippen LogP contribution in [-0.4, -0.2) is 54.4 Å². The predicted molar refractivity (Wildman–Crippen MR) is 129 cm³/mol. The maximum absolute atomic E-state index is 13.3. The summed E-state index contributed by atoms with van der Waals surface area (Å²) in [5, 5.41) is 18.5. The molecule has 1 aliphatic rings. The largest absolute Gasteiger partial charge is 0.398 e. The summed E-state index contributed by atoms with van der Waals surface area (Å²) in [4.78, 5) is 32.7. The van der Waals surface area contributed by atoms with Gasteiger partial charge in [-0.15, -0.1) is 0 Å². The van der Waals surface area contributed by atoms with Crippen molar-refractivity contribution < 1.29 is 9.90 Å². The Bertz CT molecular complexity index is 1420. The van der Waals surface area contributed by atoms with Gasteiger partial charge in [0.1, 0.15) is 11.2 Å². The number of nitrogens with one attached hydrogen (secondary N) is 1. The molecule has 4 aromatic rings. The number of anilines is 1. The van der Waals surface area contributed by atoms with E-state index in [1.54, 1.807) is 11.0 Å². The summed E-state index contributed by atoms with van der Waals surface area (Å²) in [5.41, 5.74) is 7.67. The van der Waals surface area contributed by atoms with Gasteiger partial charge in [0, 0.05) is 24.3 Å². The van der Waals surface area contributed by atoms with Gasteiger partial charge in [0.2, 0.25) is 0 Å². The number of nitrogens with two attached hydrogens (primary N) is 1. The average Bonchev–Trinajstić information content (AvgIpc) is 3.32. The van der Waals surface area contributed by atoms with Crippen LogP contribution in [0.5, 0.6) is 0 Å². The van der Waals surface area contributed by atoms with E-state index in [1.807, 2.05) is 49.4 Å².